The van der Waals surface area contributed by atoms with Crippen LogP contribution in [0.2, 0.25) is 0 Å². The Morgan fingerprint density at radius 1 is 1.12 bits per heavy atom. The van der Waals surface area contributed by atoms with Crippen molar-refractivity contribution in [3.05, 3.63) is 57.0 Å². The molecule has 7 heteroatoms. The number of hydrogen-bond acceptors (Lipinski definition) is 5. The molecule has 0 aliphatic carbocycles. The number of hydrogen-bond donors (Lipinski definition) is 2. The van der Waals surface area contributed by atoms with E-state index >= 15 is 0 Å². The van der Waals surface area contributed by atoms with E-state index in [0.29, 0.717) is 6.54 Å². The highest BCUT2D eigenvalue weighted by atomic mass is 32.1. The van der Waals surface area contributed by atoms with Crippen molar-refractivity contribution in [1.82, 2.24) is 20.6 Å². The molecule has 0 unspecified atom stereocenters. The van der Waals surface area contributed by atoms with E-state index in [1.807, 2.05) is 25.1 Å². The second-order valence-electron chi connectivity index (χ2n) is 5.86. The fourth-order valence-electron chi connectivity index (χ4n) is 2.44. The predicted octanol–water partition coefficient (Wildman–Crippen LogP) is 3.79. The molecular weight excluding hydrogens is 362 g/mol. The molecule has 0 aliphatic rings. The first kappa shape index (κ1) is 18.5. The molecule has 0 atom stereocenters. The molecule has 2 heterocycles. The monoisotopic (exact) mass is 385 g/mol. The molecular formula is C19H23N5S2. The Labute approximate surface area is 162 Å². The summed E-state index contributed by atoms with van der Waals surface area (Å²) in [7, 11) is 1.78. The first-order valence-corrected chi connectivity index (χ1v) is 10.2. The second-order valence-corrected chi connectivity index (χ2v) is 8.01. The third kappa shape index (κ3) is 4.89. The van der Waals surface area contributed by atoms with E-state index in [0.717, 1.165) is 40.3 Å². The second kappa shape index (κ2) is 8.91. The van der Waals surface area contributed by atoms with Crippen LogP contribution in [-0.2, 0) is 13.0 Å². The summed E-state index contributed by atoms with van der Waals surface area (Å²) in [5.41, 5.74) is 3.37. The van der Waals surface area contributed by atoms with Gasteiger partial charge < -0.3 is 10.6 Å². The van der Waals surface area contributed by atoms with Gasteiger partial charge in [0.2, 0.25) is 0 Å². The lowest BCUT2D eigenvalue weighted by Gasteiger charge is -2.10. The van der Waals surface area contributed by atoms with Gasteiger partial charge in [-0.25, -0.2) is 9.97 Å². The summed E-state index contributed by atoms with van der Waals surface area (Å²) in [6, 6.07) is 10.3. The van der Waals surface area contributed by atoms with E-state index in [1.54, 1.807) is 29.7 Å². The number of aromatic nitrogens is 2. The number of guanidine groups is 1. The van der Waals surface area contributed by atoms with Crippen molar-refractivity contribution >= 4 is 28.6 Å². The highest BCUT2D eigenvalue weighted by Crippen LogP contribution is 2.23. The summed E-state index contributed by atoms with van der Waals surface area (Å²) < 4.78 is 0. The van der Waals surface area contributed by atoms with Gasteiger partial charge in [-0.3, -0.25) is 4.99 Å². The molecule has 26 heavy (non-hydrogen) atoms. The fourth-order valence-corrected chi connectivity index (χ4v) is 4.17. The lowest BCUT2D eigenvalue weighted by atomic mass is 10.2. The molecule has 136 valence electrons. The minimum Gasteiger partial charge on any atom is -0.356 e. The zero-order valence-corrected chi connectivity index (χ0v) is 16.9. The smallest absolute Gasteiger partial charge is 0.191 e. The average Bonchev–Trinajstić information content (AvgIpc) is 3.25. The topological polar surface area (TPSA) is 62.2 Å². The van der Waals surface area contributed by atoms with Crippen molar-refractivity contribution < 1.29 is 0 Å². The van der Waals surface area contributed by atoms with Gasteiger partial charge in [0.15, 0.2) is 5.96 Å². The third-order valence-electron chi connectivity index (χ3n) is 3.95. The first-order valence-electron chi connectivity index (χ1n) is 8.53. The van der Waals surface area contributed by atoms with Gasteiger partial charge in [0, 0.05) is 35.8 Å². The lowest BCUT2D eigenvalue weighted by Crippen LogP contribution is -2.37. The zero-order valence-electron chi connectivity index (χ0n) is 15.2. The normalized spacial score (nSPS) is 11.6. The van der Waals surface area contributed by atoms with Crippen LogP contribution >= 0.6 is 22.7 Å². The van der Waals surface area contributed by atoms with Crippen LogP contribution in [0.4, 0.5) is 0 Å². The largest absolute Gasteiger partial charge is 0.356 e. The number of benzene rings is 1. The van der Waals surface area contributed by atoms with Crippen LogP contribution < -0.4 is 10.6 Å². The van der Waals surface area contributed by atoms with Crippen LogP contribution in [0.25, 0.3) is 10.6 Å². The SMILES string of the molecule is CN=C(NCCc1csc(-c2ccccc2)n1)NCc1nc(C)c(C)s1. The molecule has 0 saturated heterocycles. The van der Waals surface area contributed by atoms with E-state index in [4.69, 9.17) is 4.98 Å². The van der Waals surface area contributed by atoms with Gasteiger partial charge >= 0.3 is 0 Å². The van der Waals surface area contributed by atoms with Crippen molar-refractivity contribution in [3.8, 4) is 10.6 Å². The average molecular weight is 386 g/mol. The Hall–Kier alpha value is -2.25. The maximum Gasteiger partial charge on any atom is 0.191 e. The van der Waals surface area contributed by atoms with Gasteiger partial charge in [-0.1, -0.05) is 30.3 Å². The number of rotatable bonds is 6. The van der Waals surface area contributed by atoms with E-state index in [1.165, 1.54) is 10.4 Å². The first-order chi connectivity index (χ1) is 12.7. The Morgan fingerprint density at radius 3 is 2.62 bits per heavy atom. The Morgan fingerprint density at radius 2 is 1.92 bits per heavy atom. The van der Waals surface area contributed by atoms with Crippen molar-refractivity contribution in [2.45, 2.75) is 26.8 Å². The quantitative estimate of drug-likeness (QED) is 0.501. The third-order valence-corrected chi connectivity index (χ3v) is 5.96. The van der Waals surface area contributed by atoms with Crippen LogP contribution in [0.1, 0.15) is 21.3 Å². The van der Waals surface area contributed by atoms with E-state index in [2.05, 4.69) is 45.0 Å². The Kier molecular flexibility index (Phi) is 6.35. The lowest BCUT2D eigenvalue weighted by molar-refractivity contribution is 0.784. The molecule has 3 aromatic rings. The molecule has 0 spiro atoms. The van der Waals surface area contributed by atoms with Crippen LogP contribution in [-0.4, -0.2) is 29.5 Å². The van der Waals surface area contributed by atoms with Crippen molar-refractivity contribution in [1.29, 1.82) is 0 Å². The molecule has 0 radical (unpaired) electrons. The molecule has 0 saturated carbocycles. The number of nitrogens with zero attached hydrogens (tertiary/aromatic N) is 3. The van der Waals surface area contributed by atoms with Gasteiger partial charge in [-0.05, 0) is 13.8 Å². The minimum atomic E-state index is 0.688. The summed E-state index contributed by atoms with van der Waals surface area (Å²) in [5, 5.41) is 10.9. The summed E-state index contributed by atoms with van der Waals surface area (Å²) in [6.45, 7) is 5.61. The molecule has 3 rings (SSSR count). The molecule has 0 aliphatic heterocycles. The molecule has 2 aromatic heterocycles. The van der Waals surface area contributed by atoms with Crippen LogP contribution in [0.15, 0.2) is 40.7 Å². The standard InChI is InChI=1S/C19H23N5S2/c1-13-14(2)26-17(23-13)11-22-19(20-3)21-10-9-16-12-25-18(24-16)15-7-5-4-6-8-15/h4-8,12H,9-11H2,1-3H3,(H2,20,21,22). The number of thiazole rings is 2. The highest BCUT2D eigenvalue weighted by molar-refractivity contribution is 7.13. The van der Waals surface area contributed by atoms with Crippen molar-refractivity contribution in [2.75, 3.05) is 13.6 Å². The molecule has 2 N–H and O–H groups in total. The predicted molar refractivity (Wildman–Crippen MR) is 111 cm³/mol. The van der Waals surface area contributed by atoms with Gasteiger partial charge in [0.05, 0.1) is 17.9 Å². The van der Waals surface area contributed by atoms with Gasteiger partial charge in [0.1, 0.15) is 10.0 Å². The van der Waals surface area contributed by atoms with Gasteiger partial charge in [-0.2, -0.15) is 0 Å². The van der Waals surface area contributed by atoms with E-state index in [9.17, 15) is 0 Å². The molecule has 0 amide bonds. The number of nitrogens with one attached hydrogen (secondary N) is 2. The number of aliphatic imine (C=N–C) groups is 1. The van der Waals surface area contributed by atoms with Gasteiger partial charge in [-0.15, -0.1) is 22.7 Å². The molecule has 1 aromatic carbocycles. The summed E-state index contributed by atoms with van der Waals surface area (Å²) in [6.07, 6.45) is 0.861. The number of aryl methyl sites for hydroxylation is 2. The molecule has 0 bridgehead atoms. The molecule has 0 fully saturated rings. The molecule has 5 nitrogen and oxygen atoms in total. The minimum absolute atomic E-state index is 0.688. The Bertz CT molecular complexity index is 848. The maximum atomic E-state index is 4.72. The van der Waals surface area contributed by atoms with Crippen LogP contribution in [0.5, 0.6) is 0 Å². The maximum absolute atomic E-state index is 4.72. The summed E-state index contributed by atoms with van der Waals surface area (Å²) in [4.78, 5) is 14.8. The summed E-state index contributed by atoms with van der Waals surface area (Å²) in [5.74, 6) is 0.786. The van der Waals surface area contributed by atoms with Crippen LogP contribution in [0.3, 0.4) is 0 Å². The fraction of sp³-hybridized carbons (Fsp3) is 0.316. The van der Waals surface area contributed by atoms with E-state index < -0.39 is 0 Å². The zero-order chi connectivity index (χ0) is 18.4. The van der Waals surface area contributed by atoms with Crippen molar-refractivity contribution in [3.63, 3.8) is 0 Å². The van der Waals surface area contributed by atoms with Crippen molar-refractivity contribution in [2.24, 2.45) is 4.99 Å². The van der Waals surface area contributed by atoms with Gasteiger partial charge in [0.25, 0.3) is 0 Å². The van der Waals surface area contributed by atoms with Crippen LogP contribution in [0, 0.1) is 13.8 Å². The Balaban J connectivity index is 1.46. The highest BCUT2D eigenvalue weighted by Gasteiger charge is 2.06. The van der Waals surface area contributed by atoms with E-state index in [-0.39, 0.29) is 0 Å². The summed E-state index contributed by atoms with van der Waals surface area (Å²) >= 11 is 3.41.